The lowest BCUT2D eigenvalue weighted by Crippen LogP contribution is -1.84. The van der Waals surface area contributed by atoms with E-state index in [1.807, 2.05) is 19.1 Å². The zero-order valence-corrected chi connectivity index (χ0v) is 6.03. The Morgan fingerprint density at radius 1 is 1.45 bits per heavy atom. The molecular formula is C7H7N3O. The summed E-state index contributed by atoms with van der Waals surface area (Å²) in [6.45, 7) is 1.89. The van der Waals surface area contributed by atoms with Gasteiger partial charge in [-0.3, -0.25) is 0 Å². The summed E-state index contributed by atoms with van der Waals surface area (Å²) in [5.41, 5.74) is 6.88. The largest absolute Gasteiger partial charge is 0.380 e. The fraction of sp³-hybridized carbons (Fsp3) is 0.143. The Balaban J connectivity index is 2.86. The molecule has 56 valence electrons. The number of anilines is 1. The SMILES string of the molecule is Cc1ccc2c(N)noc2n1. The van der Waals surface area contributed by atoms with Crippen molar-refractivity contribution in [2.45, 2.75) is 6.92 Å². The standard InChI is InChI=1S/C7H7N3O/c1-4-2-3-5-6(8)10-11-7(5)9-4/h2-3H,1H3,(H2,8,10). The molecule has 0 aliphatic rings. The number of hydrogen-bond acceptors (Lipinski definition) is 4. The summed E-state index contributed by atoms with van der Waals surface area (Å²) >= 11 is 0. The minimum atomic E-state index is 0.396. The van der Waals surface area contributed by atoms with Gasteiger partial charge in [0.2, 0.25) is 0 Å². The highest BCUT2D eigenvalue weighted by Gasteiger charge is 2.04. The summed E-state index contributed by atoms with van der Waals surface area (Å²) in [5.74, 6) is 0.396. The van der Waals surface area contributed by atoms with Crippen LogP contribution in [0.2, 0.25) is 0 Å². The van der Waals surface area contributed by atoms with Crippen molar-refractivity contribution in [3.05, 3.63) is 17.8 Å². The first-order valence-corrected chi connectivity index (χ1v) is 3.26. The Bertz CT molecular complexity index is 393. The molecule has 0 bridgehead atoms. The van der Waals surface area contributed by atoms with Crippen LogP contribution in [0, 0.1) is 6.92 Å². The molecule has 2 heterocycles. The molecule has 2 rings (SSSR count). The fourth-order valence-corrected chi connectivity index (χ4v) is 0.939. The van der Waals surface area contributed by atoms with E-state index < -0.39 is 0 Å². The molecule has 2 aromatic rings. The first kappa shape index (κ1) is 6.15. The Morgan fingerprint density at radius 3 is 3.09 bits per heavy atom. The summed E-state index contributed by atoms with van der Waals surface area (Å²) in [6, 6.07) is 3.72. The van der Waals surface area contributed by atoms with E-state index in [-0.39, 0.29) is 0 Å². The number of pyridine rings is 1. The van der Waals surface area contributed by atoms with Crippen molar-refractivity contribution in [1.29, 1.82) is 0 Å². The maximum absolute atomic E-state index is 5.48. The summed E-state index contributed by atoms with van der Waals surface area (Å²) in [4.78, 5) is 4.09. The second kappa shape index (κ2) is 1.95. The number of nitrogens with zero attached hydrogens (tertiary/aromatic N) is 2. The lowest BCUT2D eigenvalue weighted by atomic mass is 10.3. The summed E-state index contributed by atoms with van der Waals surface area (Å²) < 4.78 is 4.84. The quantitative estimate of drug-likeness (QED) is 0.609. The number of aromatic nitrogens is 2. The minimum Gasteiger partial charge on any atom is -0.380 e. The monoisotopic (exact) mass is 149 g/mol. The molecule has 11 heavy (non-hydrogen) atoms. The van der Waals surface area contributed by atoms with Crippen molar-refractivity contribution >= 4 is 16.9 Å². The van der Waals surface area contributed by atoms with Crippen molar-refractivity contribution in [2.24, 2.45) is 0 Å². The van der Waals surface area contributed by atoms with Crippen LogP contribution in [0.15, 0.2) is 16.7 Å². The third kappa shape index (κ3) is 0.832. The van der Waals surface area contributed by atoms with Crippen LogP contribution in [0.4, 0.5) is 5.82 Å². The molecule has 4 heteroatoms. The summed E-state index contributed by atoms with van der Waals surface area (Å²) in [6.07, 6.45) is 0. The predicted octanol–water partition coefficient (Wildman–Crippen LogP) is 1.11. The van der Waals surface area contributed by atoms with Crippen LogP contribution in [0.1, 0.15) is 5.69 Å². The van der Waals surface area contributed by atoms with Crippen molar-refractivity contribution in [1.82, 2.24) is 10.1 Å². The van der Waals surface area contributed by atoms with Gasteiger partial charge in [0.25, 0.3) is 5.71 Å². The average molecular weight is 149 g/mol. The molecule has 0 saturated heterocycles. The van der Waals surface area contributed by atoms with Gasteiger partial charge < -0.3 is 10.3 Å². The van der Waals surface area contributed by atoms with E-state index in [1.165, 1.54) is 0 Å². The molecule has 0 aliphatic carbocycles. The summed E-state index contributed by atoms with van der Waals surface area (Å²) in [7, 11) is 0. The van der Waals surface area contributed by atoms with Crippen LogP contribution in [0.25, 0.3) is 11.1 Å². The number of nitrogen functional groups attached to an aromatic ring is 1. The second-order valence-electron chi connectivity index (χ2n) is 2.37. The van der Waals surface area contributed by atoms with Crippen LogP contribution < -0.4 is 5.73 Å². The van der Waals surface area contributed by atoms with Crippen LogP contribution in [-0.2, 0) is 0 Å². The Kier molecular flexibility index (Phi) is 1.09. The minimum absolute atomic E-state index is 0.396. The molecule has 0 fully saturated rings. The molecule has 2 N–H and O–H groups in total. The van der Waals surface area contributed by atoms with Gasteiger partial charge in [-0.15, -0.1) is 0 Å². The van der Waals surface area contributed by atoms with Crippen molar-refractivity contribution in [2.75, 3.05) is 5.73 Å². The molecule has 4 nitrogen and oxygen atoms in total. The summed E-state index contributed by atoms with van der Waals surface area (Å²) in [5, 5.41) is 4.35. The molecule has 2 aromatic heterocycles. The first-order valence-electron chi connectivity index (χ1n) is 3.26. The van der Waals surface area contributed by atoms with Crippen LogP contribution in [0.5, 0.6) is 0 Å². The molecule has 0 aromatic carbocycles. The maximum Gasteiger partial charge on any atom is 0.260 e. The highest BCUT2D eigenvalue weighted by Crippen LogP contribution is 2.17. The molecule has 0 radical (unpaired) electrons. The Labute approximate surface area is 63.0 Å². The van der Waals surface area contributed by atoms with Gasteiger partial charge in [0.05, 0.1) is 5.39 Å². The van der Waals surface area contributed by atoms with Crippen molar-refractivity contribution in [3.8, 4) is 0 Å². The van der Waals surface area contributed by atoms with Crippen LogP contribution in [0.3, 0.4) is 0 Å². The lowest BCUT2D eigenvalue weighted by Gasteiger charge is -1.88. The van der Waals surface area contributed by atoms with Gasteiger partial charge in [0.1, 0.15) is 0 Å². The van der Waals surface area contributed by atoms with Gasteiger partial charge in [-0.25, -0.2) is 4.98 Å². The van der Waals surface area contributed by atoms with Gasteiger partial charge in [-0.1, -0.05) is 5.16 Å². The smallest absolute Gasteiger partial charge is 0.260 e. The van der Waals surface area contributed by atoms with E-state index in [4.69, 9.17) is 10.3 Å². The fourth-order valence-electron chi connectivity index (χ4n) is 0.939. The molecule has 0 amide bonds. The highest BCUT2D eigenvalue weighted by molar-refractivity contribution is 5.83. The number of hydrogen-bond donors (Lipinski definition) is 1. The van der Waals surface area contributed by atoms with Gasteiger partial charge in [0, 0.05) is 5.69 Å². The second-order valence-corrected chi connectivity index (χ2v) is 2.37. The third-order valence-electron chi connectivity index (χ3n) is 1.51. The Morgan fingerprint density at radius 2 is 2.27 bits per heavy atom. The number of fused-ring (bicyclic) bond motifs is 1. The maximum atomic E-state index is 5.48. The van der Waals surface area contributed by atoms with Crippen molar-refractivity contribution < 1.29 is 4.52 Å². The first-order chi connectivity index (χ1) is 5.27. The zero-order chi connectivity index (χ0) is 7.84. The Hall–Kier alpha value is -1.58. The van der Waals surface area contributed by atoms with Gasteiger partial charge >= 0.3 is 0 Å². The van der Waals surface area contributed by atoms with E-state index in [0.29, 0.717) is 11.5 Å². The van der Waals surface area contributed by atoms with Gasteiger partial charge in [-0.05, 0) is 19.1 Å². The van der Waals surface area contributed by atoms with Crippen LogP contribution >= 0.6 is 0 Å². The molecule has 0 aliphatic heterocycles. The van der Waals surface area contributed by atoms with Crippen molar-refractivity contribution in [3.63, 3.8) is 0 Å². The number of nitrogens with two attached hydrogens (primary N) is 1. The predicted molar refractivity (Wildman–Crippen MR) is 41.0 cm³/mol. The van der Waals surface area contributed by atoms with E-state index in [2.05, 4.69) is 10.1 Å². The normalized spacial score (nSPS) is 10.6. The van der Waals surface area contributed by atoms with E-state index in [0.717, 1.165) is 11.1 Å². The van der Waals surface area contributed by atoms with E-state index >= 15 is 0 Å². The molecule has 0 atom stereocenters. The number of aryl methyl sites for hydroxylation is 1. The highest BCUT2D eigenvalue weighted by atomic mass is 16.5. The number of rotatable bonds is 0. The topological polar surface area (TPSA) is 64.9 Å². The molecule has 0 spiro atoms. The van der Waals surface area contributed by atoms with Crippen LogP contribution in [-0.4, -0.2) is 10.1 Å². The van der Waals surface area contributed by atoms with E-state index in [1.54, 1.807) is 0 Å². The zero-order valence-electron chi connectivity index (χ0n) is 6.03. The van der Waals surface area contributed by atoms with E-state index in [9.17, 15) is 0 Å². The average Bonchev–Trinajstić information content (AvgIpc) is 2.32. The third-order valence-corrected chi connectivity index (χ3v) is 1.51. The molecule has 0 saturated carbocycles. The van der Waals surface area contributed by atoms with Gasteiger partial charge in [0.15, 0.2) is 5.82 Å². The molecule has 0 unspecified atom stereocenters. The lowest BCUT2D eigenvalue weighted by molar-refractivity contribution is 0.452. The molecular weight excluding hydrogens is 142 g/mol. The van der Waals surface area contributed by atoms with Gasteiger partial charge in [-0.2, -0.15) is 0 Å².